The molecule has 0 aliphatic heterocycles. The van der Waals surface area contributed by atoms with Gasteiger partial charge in [0.1, 0.15) is 0 Å². The van der Waals surface area contributed by atoms with Crippen LogP contribution < -0.4 is 10.6 Å². The highest BCUT2D eigenvalue weighted by Gasteiger charge is 2.06. The van der Waals surface area contributed by atoms with E-state index < -0.39 is 0 Å². The Bertz CT molecular complexity index is 666. The SMILES string of the molecule is CCc1cc(CNC(=NC)NCc2ccc(C)cc2SC)on1. The van der Waals surface area contributed by atoms with Gasteiger partial charge < -0.3 is 15.2 Å². The Labute approximate surface area is 141 Å². The van der Waals surface area contributed by atoms with E-state index >= 15 is 0 Å². The summed E-state index contributed by atoms with van der Waals surface area (Å²) in [5.41, 5.74) is 3.51. The molecule has 2 N–H and O–H groups in total. The van der Waals surface area contributed by atoms with E-state index in [9.17, 15) is 0 Å². The zero-order valence-electron chi connectivity index (χ0n) is 14.1. The van der Waals surface area contributed by atoms with Crippen molar-refractivity contribution < 1.29 is 4.52 Å². The number of rotatable bonds is 6. The van der Waals surface area contributed by atoms with Gasteiger partial charge in [0, 0.05) is 24.6 Å². The molecule has 1 heterocycles. The quantitative estimate of drug-likeness (QED) is 0.483. The lowest BCUT2D eigenvalue weighted by molar-refractivity contribution is 0.374. The van der Waals surface area contributed by atoms with Gasteiger partial charge in [0.25, 0.3) is 0 Å². The Kier molecular flexibility index (Phi) is 6.52. The van der Waals surface area contributed by atoms with Gasteiger partial charge in [0.2, 0.25) is 0 Å². The smallest absolute Gasteiger partial charge is 0.191 e. The summed E-state index contributed by atoms with van der Waals surface area (Å²) in [7, 11) is 1.76. The lowest BCUT2D eigenvalue weighted by atomic mass is 10.1. The summed E-state index contributed by atoms with van der Waals surface area (Å²) in [6.45, 7) is 5.46. The number of aromatic nitrogens is 1. The van der Waals surface area contributed by atoms with Crippen LogP contribution in [0.3, 0.4) is 0 Å². The Morgan fingerprint density at radius 2 is 2.04 bits per heavy atom. The van der Waals surface area contributed by atoms with Crippen molar-refractivity contribution in [1.82, 2.24) is 15.8 Å². The molecule has 23 heavy (non-hydrogen) atoms. The third-order valence-electron chi connectivity index (χ3n) is 3.51. The second-order valence-electron chi connectivity index (χ2n) is 5.23. The van der Waals surface area contributed by atoms with Crippen LogP contribution in [0.15, 0.2) is 38.7 Å². The standard InChI is InChI=1S/C17H24N4OS/c1-5-14-9-15(22-21-14)11-20-17(18-3)19-10-13-7-6-12(2)8-16(13)23-4/h6-9H,5,10-11H2,1-4H3,(H2,18,19,20). The van der Waals surface area contributed by atoms with Crippen LogP contribution in [0.4, 0.5) is 0 Å². The molecule has 0 radical (unpaired) electrons. The lowest BCUT2D eigenvalue weighted by Gasteiger charge is -2.13. The molecule has 0 aliphatic carbocycles. The van der Waals surface area contributed by atoms with Gasteiger partial charge >= 0.3 is 0 Å². The Hall–Kier alpha value is -1.95. The maximum Gasteiger partial charge on any atom is 0.191 e. The highest BCUT2D eigenvalue weighted by atomic mass is 32.2. The second kappa shape index (κ2) is 8.62. The van der Waals surface area contributed by atoms with E-state index in [2.05, 4.69) is 59.1 Å². The molecule has 0 unspecified atom stereocenters. The van der Waals surface area contributed by atoms with Crippen molar-refractivity contribution in [3.63, 3.8) is 0 Å². The van der Waals surface area contributed by atoms with Crippen molar-refractivity contribution in [2.45, 2.75) is 38.3 Å². The molecule has 0 amide bonds. The van der Waals surface area contributed by atoms with E-state index in [0.717, 1.165) is 30.4 Å². The molecule has 124 valence electrons. The summed E-state index contributed by atoms with van der Waals surface area (Å²) < 4.78 is 5.26. The number of nitrogens with zero attached hydrogens (tertiary/aromatic N) is 2. The zero-order chi connectivity index (χ0) is 16.7. The fourth-order valence-corrected chi connectivity index (χ4v) is 2.88. The third kappa shape index (κ3) is 5.03. The van der Waals surface area contributed by atoms with Crippen LogP contribution in [0.5, 0.6) is 0 Å². The average molecular weight is 332 g/mol. The number of guanidine groups is 1. The van der Waals surface area contributed by atoms with Crippen LogP contribution in [0, 0.1) is 6.92 Å². The summed E-state index contributed by atoms with van der Waals surface area (Å²) in [6.07, 6.45) is 2.97. The first kappa shape index (κ1) is 17.4. The molecule has 0 saturated heterocycles. The minimum Gasteiger partial charge on any atom is -0.359 e. The Morgan fingerprint density at radius 3 is 2.70 bits per heavy atom. The number of hydrogen-bond donors (Lipinski definition) is 2. The van der Waals surface area contributed by atoms with Crippen LogP contribution in [0.1, 0.15) is 29.5 Å². The molecule has 2 rings (SSSR count). The van der Waals surface area contributed by atoms with E-state index in [-0.39, 0.29) is 0 Å². The van der Waals surface area contributed by atoms with Crippen molar-refractivity contribution in [2.75, 3.05) is 13.3 Å². The molecule has 2 aromatic rings. The van der Waals surface area contributed by atoms with Crippen molar-refractivity contribution in [3.05, 3.63) is 46.8 Å². The molecule has 0 spiro atoms. The van der Waals surface area contributed by atoms with E-state index in [4.69, 9.17) is 4.52 Å². The first-order valence-corrected chi connectivity index (χ1v) is 8.91. The summed E-state index contributed by atoms with van der Waals surface area (Å²) >= 11 is 1.76. The first-order valence-electron chi connectivity index (χ1n) is 7.68. The molecule has 0 saturated carbocycles. The predicted molar refractivity (Wildman–Crippen MR) is 95.9 cm³/mol. The zero-order valence-corrected chi connectivity index (χ0v) is 15.0. The molecule has 0 bridgehead atoms. The van der Waals surface area contributed by atoms with Gasteiger partial charge in [-0.15, -0.1) is 11.8 Å². The van der Waals surface area contributed by atoms with Crippen molar-refractivity contribution in [3.8, 4) is 0 Å². The van der Waals surface area contributed by atoms with Crippen LogP contribution in [-0.4, -0.2) is 24.4 Å². The molecule has 0 fully saturated rings. The molecule has 6 heteroatoms. The van der Waals surface area contributed by atoms with Crippen molar-refractivity contribution in [1.29, 1.82) is 0 Å². The van der Waals surface area contributed by atoms with Gasteiger partial charge in [0.15, 0.2) is 11.7 Å². The number of hydrogen-bond acceptors (Lipinski definition) is 4. The van der Waals surface area contributed by atoms with E-state index in [0.29, 0.717) is 6.54 Å². The van der Waals surface area contributed by atoms with Gasteiger partial charge in [-0.25, -0.2) is 0 Å². The topological polar surface area (TPSA) is 62.5 Å². The monoisotopic (exact) mass is 332 g/mol. The van der Waals surface area contributed by atoms with E-state index in [1.165, 1.54) is 16.0 Å². The van der Waals surface area contributed by atoms with Gasteiger partial charge in [-0.05, 0) is 36.8 Å². The van der Waals surface area contributed by atoms with Crippen molar-refractivity contribution in [2.24, 2.45) is 4.99 Å². The molecular formula is C17H24N4OS. The number of benzene rings is 1. The minimum absolute atomic E-state index is 0.565. The van der Waals surface area contributed by atoms with Gasteiger partial charge in [-0.3, -0.25) is 4.99 Å². The largest absolute Gasteiger partial charge is 0.359 e. The molecule has 1 aromatic heterocycles. The highest BCUT2D eigenvalue weighted by molar-refractivity contribution is 7.98. The fraction of sp³-hybridized carbons (Fsp3) is 0.412. The van der Waals surface area contributed by atoms with Gasteiger partial charge in [0.05, 0.1) is 12.2 Å². The predicted octanol–water partition coefficient (Wildman–Crippen LogP) is 3.13. The average Bonchev–Trinajstić information content (AvgIpc) is 3.04. The molecule has 1 aromatic carbocycles. The summed E-state index contributed by atoms with van der Waals surface area (Å²) in [5.74, 6) is 1.55. The number of thioether (sulfide) groups is 1. The Balaban J connectivity index is 1.90. The minimum atomic E-state index is 0.565. The highest BCUT2D eigenvalue weighted by Crippen LogP contribution is 2.21. The van der Waals surface area contributed by atoms with Crippen molar-refractivity contribution >= 4 is 17.7 Å². The molecule has 0 atom stereocenters. The maximum atomic E-state index is 5.26. The van der Waals surface area contributed by atoms with E-state index in [1.54, 1.807) is 18.8 Å². The van der Waals surface area contributed by atoms with E-state index in [1.807, 2.05) is 6.07 Å². The summed E-state index contributed by atoms with van der Waals surface area (Å²) in [5, 5.41) is 10.6. The fourth-order valence-electron chi connectivity index (χ4n) is 2.17. The van der Waals surface area contributed by atoms with Crippen LogP contribution in [0.2, 0.25) is 0 Å². The third-order valence-corrected chi connectivity index (χ3v) is 4.33. The normalized spacial score (nSPS) is 11.6. The molecule has 5 nitrogen and oxygen atoms in total. The van der Waals surface area contributed by atoms with Crippen LogP contribution >= 0.6 is 11.8 Å². The van der Waals surface area contributed by atoms with Crippen LogP contribution in [0.25, 0.3) is 0 Å². The summed E-state index contributed by atoms with van der Waals surface area (Å²) in [4.78, 5) is 5.53. The second-order valence-corrected chi connectivity index (χ2v) is 6.08. The molecular weight excluding hydrogens is 308 g/mol. The lowest BCUT2D eigenvalue weighted by Crippen LogP contribution is -2.36. The first-order chi connectivity index (χ1) is 11.2. The number of nitrogens with one attached hydrogen (secondary N) is 2. The van der Waals surface area contributed by atoms with Gasteiger partial charge in [-0.1, -0.05) is 24.2 Å². The number of aliphatic imine (C=N–C) groups is 1. The number of aryl methyl sites for hydroxylation is 2. The van der Waals surface area contributed by atoms with Crippen LogP contribution in [-0.2, 0) is 19.5 Å². The van der Waals surface area contributed by atoms with Gasteiger partial charge in [-0.2, -0.15) is 0 Å². The molecule has 0 aliphatic rings. The maximum absolute atomic E-state index is 5.26. The summed E-state index contributed by atoms with van der Waals surface area (Å²) in [6, 6.07) is 8.46. The Morgan fingerprint density at radius 1 is 1.26 bits per heavy atom.